The first-order valence-corrected chi connectivity index (χ1v) is 6.52. The third-order valence-electron chi connectivity index (χ3n) is 2.40. The second-order valence-electron chi connectivity index (χ2n) is 3.78. The van der Waals surface area contributed by atoms with E-state index in [0.717, 1.165) is 25.9 Å². The van der Waals surface area contributed by atoms with Gasteiger partial charge in [0.25, 0.3) is 0 Å². The minimum Gasteiger partial charge on any atom is -0.476 e. The molecule has 0 saturated heterocycles. The summed E-state index contributed by atoms with van der Waals surface area (Å²) >= 11 is 1.32. The maximum atomic E-state index is 10.6. The van der Waals surface area contributed by atoms with Crippen molar-refractivity contribution >= 4 is 22.4 Å². The molecule has 0 aliphatic carbocycles. The van der Waals surface area contributed by atoms with E-state index < -0.39 is 5.97 Å². The molecule has 7 heteroatoms. The SMILES string of the molecule is O=C(O)c1csc(NCCCCn2ccnc2)n1. The summed E-state index contributed by atoms with van der Waals surface area (Å²) in [7, 11) is 0. The van der Waals surface area contributed by atoms with Crippen LogP contribution in [0.25, 0.3) is 0 Å². The summed E-state index contributed by atoms with van der Waals surface area (Å²) in [4.78, 5) is 18.6. The van der Waals surface area contributed by atoms with Gasteiger partial charge in [-0.3, -0.25) is 0 Å². The number of carboxylic acids is 1. The van der Waals surface area contributed by atoms with Gasteiger partial charge in [0.1, 0.15) is 0 Å². The van der Waals surface area contributed by atoms with Gasteiger partial charge in [-0.15, -0.1) is 11.3 Å². The number of unbranched alkanes of at least 4 members (excludes halogenated alkanes) is 1. The summed E-state index contributed by atoms with van der Waals surface area (Å²) in [6.07, 6.45) is 7.54. The fraction of sp³-hybridized carbons (Fsp3) is 0.364. The fourth-order valence-corrected chi connectivity index (χ4v) is 2.20. The van der Waals surface area contributed by atoms with Gasteiger partial charge in [-0.05, 0) is 12.8 Å². The Balaban J connectivity index is 1.64. The average Bonchev–Trinajstić information content (AvgIpc) is 2.98. The standard InChI is InChI=1S/C11H14N4O2S/c16-10(17)9-7-18-11(14-9)13-3-1-2-5-15-6-4-12-8-15/h4,6-8H,1-3,5H2,(H,13,14)(H,16,17). The molecule has 0 spiro atoms. The van der Waals surface area contributed by atoms with Crippen molar-refractivity contribution in [2.75, 3.05) is 11.9 Å². The first-order valence-electron chi connectivity index (χ1n) is 5.64. The Hall–Kier alpha value is -1.89. The van der Waals surface area contributed by atoms with Crippen molar-refractivity contribution in [3.8, 4) is 0 Å². The lowest BCUT2D eigenvalue weighted by Crippen LogP contribution is -2.04. The Morgan fingerprint density at radius 2 is 2.39 bits per heavy atom. The zero-order valence-electron chi connectivity index (χ0n) is 9.74. The zero-order valence-corrected chi connectivity index (χ0v) is 10.6. The number of nitrogens with zero attached hydrogens (tertiary/aromatic N) is 3. The molecule has 0 bridgehead atoms. The number of rotatable bonds is 7. The number of imidazole rings is 1. The molecular weight excluding hydrogens is 252 g/mol. The van der Waals surface area contributed by atoms with Gasteiger partial charge in [0.2, 0.25) is 0 Å². The van der Waals surface area contributed by atoms with Crippen molar-refractivity contribution in [3.05, 3.63) is 29.8 Å². The number of carboxylic acid groups (broad SMARTS) is 1. The molecule has 6 nitrogen and oxygen atoms in total. The normalized spacial score (nSPS) is 10.4. The van der Waals surface area contributed by atoms with Gasteiger partial charge in [-0.25, -0.2) is 14.8 Å². The second kappa shape index (κ2) is 6.15. The molecule has 2 N–H and O–H groups in total. The minimum absolute atomic E-state index is 0.0981. The van der Waals surface area contributed by atoms with E-state index in [1.807, 2.05) is 10.8 Å². The lowest BCUT2D eigenvalue weighted by Gasteiger charge is -2.03. The summed E-state index contributed by atoms with van der Waals surface area (Å²) in [5, 5.41) is 14.0. The first-order chi connectivity index (χ1) is 8.75. The molecule has 0 aliphatic rings. The molecule has 0 aromatic carbocycles. The molecule has 2 aromatic rings. The van der Waals surface area contributed by atoms with Gasteiger partial charge < -0.3 is 15.0 Å². The topological polar surface area (TPSA) is 80.0 Å². The Labute approximate surface area is 108 Å². The number of carbonyl (C=O) groups is 1. The Morgan fingerprint density at radius 1 is 1.50 bits per heavy atom. The lowest BCUT2D eigenvalue weighted by atomic mass is 10.3. The summed E-state index contributed by atoms with van der Waals surface area (Å²) < 4.78 is 2.03. The molecule has 2 heterocycles. The molecule has 2 rings (SSSR count). The minimum atomic E-state index is -0.987. The average molecular weight is 266 g/mol. The van der Waals surface area contributed by atoms with Crippen LogP contribution in [0.15, 0.2) is 24.1 Å². The molecule has 0 saturated carbocycles. The highest BCUT2D eigenvalue weighted by Crippen LogP contribution is 2.15. The Bertz CT molecular complexity index is 495. The molecule has 0 atom stereocenters. The number of hydrogen-bond donors (Lipinski definition) is 2. The molecule has 0 fully saturated rings. The fourth-order valence-electron chi connectivity index (χ4n) is 1.49. The van der Waals surface area contributed by atoms with Gasteiger partial charge in [0.15, 0.2) is 10.8 Å². The highest BCUT2D eigenvalue weighted by atomic mass is 32.1. The summed E-state index contributed by atoms with van der Waals surface area (Å²) in [5.41, 5.74) is 0.0981. The number of aryl methyl sites for hydroxylation is 1. The molecule has 0 aliphatic heterocycles. The Kier molecular flexibility index (Phi) is 4.30. The third kappa shape index (κ3) is 3.56. The molecule has 96 valence electrons. The van der Waals surface area contributed by atoms with Gasteiger partial charge >= 0.3 is 5.97 Å². The van der Waals surface area contributed by atoms with E-state index in [2.05, 4.69) is 15.3 Å². The molecule has 2 aromatic heterocycles. The van der Waals surface area contributed by atoms with Crippen molar-refractivity contribution in [2.45, 2.75) is 19.4 Å². The van der Waals surface area contributed by atoms with Crippen LogP contribution in [-0.2, 0) is 6.54 Å². The molecule has 0 amide bonds. The quantitative estimate of drug-likeness (QED) is 0.748. The van der Waals surface area contributed by atoms with Crippen molar-refractivity contribution in [2.24, 2.45) is 0 Å². The monoisotopic (exact) mass is 266 g/mol. The molecule has 18 heavy (non-hydrogen) atoms. The number of aromatic nitrogens is 3. The number of thiazole rings is 1. The van der Waals surface area contributed by atoms with E-state index in [0.29, 0.717) is 5.13 Å². The molecule has 0 unspecified atom stereocenters. The lowest BCUT2D eigenvalue weighted by molar-refractivity contribution is 0.0691. The number of anilines is 1. The maximum absolute atomic E-state index is 10.6. The van der Waals surface area contributed by atoms with Gasteiger partial charge in [-0.1, -0.05) is 0 Å². The van der Waals surface area contributed by atoms with Crippen LogP contribution in [0.1, 0.15) is 23.3 Å². The van der Waals surface area contributed by atoms with Crippen LogP contribution in [0.2, 0.25) is 0 Å². The summed E-state index contributed by atoms with van der Waals surface area (Å²) in [5.74, 6) is -0.987. The smallest absolute Gasteiger partial charge is 0.355 e. The predicted octanol–water partition coefficient (Wildman–Crippen LogP) is 1.93. The van der Waals surface area contributed by atoms with Crippen LogP contribution in [0.3, 0.4) is 0 Å². The van der Waals surface area contributed by atoms with Crippen LogP contribution in [-0.4, -0.2) is 32.2 Å². The maximum Gasteiger partial charge on any atom is 0.355 e. The number of aromatic carboxylic acids is 1. The van der Waals surface area contributed by atoms with Gasteiger partial charge in [-0.2, -0.15) is 0 Å². The van der Waals surface area contributed by atoms with Crippen LogP contribution in [0.4, 0.5) is 5.13 Å². The first kappa shape index (κ1) is 12.6. The highest BCUT2D eigenvalue weighted by Gasteiger charge is 2.07. The van der Waals surface area contributed by atoms with E-state index >= 15 is 0 Å². The van der Waals surface area contributed by atoms with E-state index in [9.17, 15) is 4.79 Å². The predicted molar refractivity (Wildman–Crippen MR) is 69.0 cm³/mol. The zero-order chi connectivity index (χ0) is 12.8. The summed E-state index contributed by atoms with van der Waals surface area (Å²) in [6, 6.07) is 0. The van der Waals surface area contributed by atoms with E-state index in [1.54, 1.807) is 12.5 Å². The summed E-state index contributed by atoms with van der Waals surface area (Å²) in [6.45, 7) is 1.74. The van der Waals surface area contributed by atoms with E-state index in [-0.39, 0.29) is 5.69 Å². The molecule has 0 radical (unpaired) electrons. The Morgan fingerprint density at radius 3 is 3.06 bits per heavy atom. The van der Waals surface area contributed by atoms with Crippen LogP contribution in [0, 0.1) is 0 Å². The van der Waals surface area contributed by atoms with Crippen LogP contribution < -0.4 is 5.32 Å². The largest absolute Gasteiger partial charge is 0.476 e. The van der Waals surface area contributed by atoms with Crippen molar-refractivity contribution < 1.29 is 9.90 Å². The van der Waals surface area contributed by atoms with Crippen LogP contribution >= 0.6 is 11.3 Å². The number of nitrogens with one attached hydrogen (secondary N) is 1. The second-order valence-corrected chi connectivity index (χ2v) is 4.64. The molecular formula is C11H14N4O2S. The number of hydrogen-bond acceptors (Lipinski definition) is 5. The highest BCUT2D eigenvalue weighted by molar-refractivity contribution is 7.13. The van der Waals surface area contributed by atoms with Crippen LogP contribution in [0.5, 0.6) is 0 Å². The van der Waals surface area contributed by atoms with Crippen molar-refractivity contribution in [1.29, 1.82) is 0 Å². The third-order valence-corrected chi connectivity index (χ3v) is 3.20. The van der Waals surface area contributed by atoms with E-state index in [4.69, 9.17) is 5.11 Å². The van der Waals surface area contributed by atoms with E-state index in [1.165, 1.54) is 16.7 Å². The van der Waals surface area contributed by atoms with Crippen molar-refractivity contribution in [3.63, 3.8) is 0 Å². The van der Waals surface area contributed by atoms with Gasteiger partial charge in [0, 0.05) is 30.9 Å². The van der Waals surface area contributed by atoms with Gasteiger partial charge in [0.05, 0.1) is 6.33 Å². The van der Waals surface area contributed by atoms with Crippen molar-refractivity contribution in [1.82, 2.24) is 14.5 Å².